The average molecular weight is 186 g/mol. The fourth-order valence-electron chi connectivity index (χ4n) is 0.622. The highest BCUT2D eigenvalue weighted by Crippen LogP contribution is 1.85. The van der Waals surface area contributed by atoms with Crippen LogP contribution in [0.15, 0.2) is 12.7 Å². The topological polar surface area (TPSA) is 81.4 Å². The van der Waals surface area contributed by atoms with Crippen molar-refractivity contribution >= 4 is 11.9 Å². The SMILES string of the molecule is C=CCNC(=O)C(N)C(=O)OCC. The van der Waals surface area contributed by atoms with Crippen LogP contribution < -0.4 is 11.1 Å². The van der Waals surface area contributed by atoms with E-state index in [1.807, 2.05) is 0 Å². The molecule has 0 spiro atoms. The third kappa shape index (κ3) is 4.27. The molecule has 0 heterocycles. The van der Waals surface area contributed by atoms with Crippen LogP contribution in [0.5, 0.6) is 0 Å². The van der Waals surface area contributed by atoms with Crippen LogP contribution in [0.25, 0.3) is 0 Å². The average Bonchev–Trinajstić information content (AvgIpc) is 2.13. The standard InChI is InChI=1S/C8H14N2O3/c1-3-5-10-7(11)6(9)8(12)13-4-2/h3,6H,1,4-5,9H2,2H3,(H,10,11). The maximum Gasteiger partial charge on any atom is 0.332 e. The number of esters is 1. The van der Waals surface area contributed by atoms with Crippen molar-refractivity contribution in [3.8, 4) is 0 Å². The van der Waals surface area contributed by atoms with Gasteiger partial charge in [0, 0.05) is 6.54 Å². The van der Waals surface area contributed by atoms with Gasteiger partial charge in [0.15, 0.2) is 6.04 Å². The first-order valence-corrected chi connectivity index (χ1v) is 3.94. The number of rotatable bonds is 5. The van der Waals surface area contributed by atoms with E-state index in [9.17, 15) is 9.59 Å². The van der Waals surface area contributed by atoms with Crippen molar-refractivity contribution in [2.45, 2.75) is 13.0 Å². The third-order valence-electron chi connectivity index (χ3n) is 1.24. The number of nitrogens with one attached hydrogen (secondary N) is 1. The first-order chi connectivity index (χ1) is 6.13. The Bertz CT molecular complexity index is 204. The van der Waals surface area contributed by atoms with Crippen molar-refractivity contribution in [3.63, 3.8) is 0 Å². The number of nitrogens with two attached hydrogens (primary N) is 1. The van der Waals surface area contributed by atoms with E-state index in [0.29, 0.717) is 0 Å². The summed E-state index contributed by atoms with van der Waals surface area (Å²) < 4.78 is 4.55. The predicted octanol–water partition coefficient (Wildman–Crippen LogP) is -0.821. The molecule has 0 bridgehead atoms. The van der Waals surface area contributed by atoms with E-state index in [1.165, 1.54) is 6.08 Å². The van der Waals surface area contributed by atoms with Gasteiger partial charge >= 0.3 is 5.97 Å². The number of ether oxygens (including phenoxy) is 1. The maximum absolute atomic E-state index is 11.0. The van der Waals surface area contributed by atoms with Gasteiger partial charge in [0.25, 0.3) is 0 Å². The van der Waals surface area contributed by atoms with E-state index in [4.69, 9.17) is 5.73 Å². The van der Waals surface area contributed by atoms with Crippen molar-refractivity contribution in [1.29, 1.82) is 0 Å². The van der Waals surface area contributed by atoms with Crippen LogP contribution in [0.1, 0.15) is 6.92 Å². The van der Waals surface area contributed by atoms with Gasteiger partial charge in [-0.1, -0.05) is 6.08 Å². The summed E-state index contributed by atoms with van der Waals surface area (Å²) in [5.74, 6) is -1.28. The van der Waals surface area contributed by atoms with Gasteiger partial charge in [-0.3, -0.25) is 4.79 Å². The van der Waals surface area contributed by atoms with Gasteiger partial charge in [-0.25, -0.2) is 4.79 Å². The molecule has 0 radical (unpaired) electrons. The molecule has 3 N–H and O–H groups in total. The van der Waals surface area contributed by atoms with Crippen LogP contribution >= 0.6 is 0 Å². The molecule has 0 rings (SSSR count). The summed E-state index contributed by atoms with van der Waals surface area (Å²) in [6, 6.07) is -1.25. The minimum Gasteiger partial charge on any atom is -0.464 e. The number of hydrogen-bond donors (Lipinski definition) is 2. The monoisotopic (exact) mass is 186 g/mol. The summed E-state index contributed by atoms with van der Waals surface area (Å²) in [4.78, 5) is 21.9. The Hall–Kier alpha value is -1.36. The van der Waals surface area contributed by atoms with Crippen LogP contribution in [-0.2, 0) is 14.3 Å². The zero-order valence-electron chi connectivity index (χ0n) is 7.58. The van der Waals surface area contributed by atoms with E-state index in [2.05, 4.69) is 16.6 Å². The largest absolute Gasteiger partial charge is 0.464 e. The first kappa shape index (κ1) is 11.6. The van der Waals surface area contributed by atoms with Crippen LogP contribution in [-0.4, -0.2) is 31.1 Å². The number of carbonyl (C=O) groups excluding carboxylic acids is 2. The predicted molar refractivity (Wildman–Crippen MR) is 47.8 cm³/mol. The quantitative estimate of drug-likeness (QED) is 0.334. The molecule has 1 unspecified atom stereocenters. The number of amides is 1. The molecule has 0 saturated heterocycles. The molecule has 0 saturated carbocycles. The van der Waals surface area contributed by atoms with Crippen molar-refractivity contribution in [3.05, 3.63) is 12.7 Å². The minimum absolute atomic E-state index is 0.210. The summed E-state index contributed by atoms with van der Waals surface area (Å²) in [6.45, 7) is 5.54. The van der Waals surface area contributed by atoms with Gasteiger partial charge in [0.1, 0.15) is 0 Å². The molecule has 13 heavy (non-hydrogen) atoms. The Kier molecular flexibility index (Phi) is 5.54. The molecule has 1 amide bonds. The molecular weight excluding hydrogens is 172 g/mol. The second kappa shape index (κ2) is 6.19. The first-order valence-electron chi connectivity index (χ1n) is 3.94. The Balaban J connectivity index is 3.93. The Morgan fingerprint density at radius 3 is 2.77 bits per heavy atom. The lowest BCUT2D eigenvalue weighted by molar-refractivity contribution is -0.147. The summed E-state index contributed by atoms with van der Waals surface area (Å²) in [6.07, 6.45) is 1.50. The van der Waals surface area contributed by atoms with Gasteiger partial charge in [-0.15, -0.1) is 6.58 Å². The summed E-state index contributed by atoms with van der Waals surface area (Å²) in [5.41, 5.74) is 5.27. The van der Waals surface area contributed by atoms with Gasteiger partial charge in [-0.2, -0.15) is 0 Å². The fraction of sp³-hybridized carbons (Fsp3) is 0.500. The van der Waals surface area contributed by atoms with E-state index < -0.39 is 17.9 Å². The molecule has 0 fully saturated rings. The molecule has 0 aromatic rings. The van der Waals surface area contributed by atoms with Crippen molar-refractivity contribution in [1.82, 2.24) is 5.32 Å². The van der Waals surface area contributed by atoms with Gasteiger partial charge < -0.3 is 15.8 Å². The molecule has 0 aromatic carbocycles. The molecule has 74 valence electrons. The Morgan fingerprint density at radius 2 is 2.31 bits per heavy atom. The lowest BCUT2D eigenvalue weighted by atomic mass is 10.3. The number of hydrogen-bond acceptors (Lipinski definition) is 4. The van der Waals surface area contributed by atoms with Crippen LogP contribution in [0.2, 0.25) is 0 Å². The van der Waals surface area contributed by atoms with Crippen molar-refractivity contribution in [2.75, 3.05) is 13.2 Å². The fourth-order valence-corrected chi connectivity index (χ4v) is 0.622. The maximum atomic E-state index is 11.0. The molecule has 0 aromatic heterocycles. The highest BCUT2D eigenvalue weighted by atomic mass is 16.5. The molecule has 0 aliphatic heterocycles. The third-order valence-corrected chi connectivity index (χ3v) is 1.24. The highest BCUT2D eigenvalue weighted by Gasteiger charge is 2.22. The summed E-state index contributed by atoms with van der Waals surface area (Å²) in [7, 11) is 0. The van der Waals surface area contributed by atoms with Gasteiger partial charge in [0.2, 0.25) is 5.91 Å². The van der Waals surface area contributed by atoms with Crippen molar-refractivity contribution < 1.29 is 14.3 Å². The van der Waals surface area contributed by atoms with Gasteiger partial charge in [-0.05, 0) is 6.92 Å². The van der Waals surface area contributed by atoms with Gasteiger partial charge in [0.05, 0.1) is 6.61 Å². The minimum atomic E-state index is -1.25. The van der Waals surface area contributed by atoms with E-state index >= 15 is 0 Å². The van der Waals surface area contributed by atoms with E-state index in [-0.39, 0.29) is 13.2 Å². The zero-order valence-corrected chi connectivity index (χ0v) is 7.58. The van der Waals surface area contributed by atoms with Crippen LogP contribution in [0.4, 0.5) is 0 Å². The molecule has 1 atom stereocenters. The Labute approximate surface area is 76.9 Å². The zero-order chi connectivity index (χ0) is 10.3. The molecule has 0 aliphatic carbocycles. The Morgan fingerprint density at radius 1 is 1.69 bits per heavy atom. The lowest BCUT2D eigenvalue weighted by Crippen LogP contribution is -2.46. The highest BCUT2D eigenvalue weighted by molar-refractivity contribution is 6.01. The lowest BCUT2D eigenvalue weighted by Gasteiger charge is -2.09. The molecule has 5 heteroatoms. The van der Waals surface area contributed by atoms with Crippen LogP contribution in [0, 0.1) is 0 Å². The normalized spacial score (nSPS) is 11.5. The molecular formula is C8H14N2O3. The second-order valence-corrected chi connectivity index (χ2v) is 2.26. The summed E-state index contributed by atoms with van der Waals surface area (Å²) in [5, 5.41) is 2.39. The molecule has 0 aliphatic rings. The van der Waals surface area contributed by atoms with E-state index in [1.54, 1.807) is 6.92 Å². The van der Waals surface area contributed by atoms with E-state index in [0.717, 1.165) is 0 Å². The summed E-state index contributed by atoms with van der Waals surface area (Å²) >= 11 is 0. The molecule has 5 nitrogen and oxygen atoms in total. The van der Waals surface area contributed by atoms with Crippen molar-refractivity contribution in [2.24, 2.45) is 5.73 Å². The number of carbonyl (C=O) groups is 2. The smallest absolute Gasteiger partial charge is 0.332 e. The van der Waals surface area contributed by atoms with Crippen LogP contribution in [0.3, 0.4) is 0 Å². The second-order valence-electron chi connectivity index (χ2n) is 2.26.